The van der Waals surface area contributed by atoms with E-state index in [-0.39, 0.29) is 1.43 Å². The maximum absolute atomic E-state index is 3.67. The Morgan fingerprint density at radius 2 is 1.83 bits per heavy atom. The maximum Gasteiger partial charge on any atom is 1.00 e. The molecule has 1 heterocycles. The molecule has 1 aromatic heterocycles. The zero-order valence-electron chi connectivity index (χ0n) is 4.20. The van der Waals surface area contributed by atoms with Gasteiger partial charge < -0.3 is 0 Å². The van der Waals surface area contributed by atoms with Gasteiger partial charge in [0.15, 0.2) is 0 Å². The Balaban J connectivity index is 0.000000360. The van der Waals surface area contributed by atoms with Crippen molar-refractivity contribution in [2.45, 2.75) is 0 Å². The molecular weight excluding hydrogens is 76.1 g/mol. The van der Waals surface area contributed by atoms with Crippen LogP contribution in [0.2, 0.25) is 0 Å². The molecule has 2 heteroatoms. The molecule has 0 amide bonds. The van der Waals surface area contributed by atoms with Crippen molar-refractivity contribution in [3.63, 3.8) is 0 Å². The predicted octanol–water partition coefficient (Wildman–Crippen LogP) is 0.589. The summed E-state index contributed by atoms with van der Waals surface area (Å²) in [4.78, 5) is 7.35. The average Bonchev–Trinajstić information content (AvgIpc) is 1.72. The highest BCUT2D eigenvalue weighted by atomic mass is 14.8. The highest BCUT2D eigenvalue weighted by Gasteiger charge is 1.59. The molecule has 0 unspecified atom stereocenters. The minimum Gasteiger partial charge on any atom is -0.245 e. The lowest BCUT2D eigenvalue weighted by molar-refractivity contribution is 1.17. The van der Waals surface area contributed by atoms with Gasteiger partial charge in [0.25, 0.3) is 0 Å². The summed E-state index contributed by atoms with van der Waals surface area (Å²) in [6.45, 7) is 0. The van der Waals surface area contributed by atoms with Crippen molar-refractivity contribution in [2.24, 2.45) is 0 Å². The van der Waals surface area contributed by atoms with Gasteiger partial charge in [-0.2, -0.15) is 0 Å². The second-order valence-corrected chi connectivity index (χ2v) is 0.904. The molecule has 0 aliphatic carbocycles. The van der Waals surface area contributed by atoms with Gasteiger partial charge in [0.05, 0.1) is 0 Å². The zero-order valence-corrected chi connectivity index (χ0v) is 3.20. The number of aromatic nitrogens is 2. The Morgan fingerprint density at radius 3 is 2.00 bits per heavy atom. The van der Waals surface area contributed by atoms with Crippen LogP contribution in [0.5, 0.6) is 0 Å². The first-order valence-corrected chi connectivity index (χ1v) is 1.70. The molecule has 0 aliphatic heterocycles. The topological polar surface area (TPSA) is 25.8 Å². The van der Waals surface area contributed by atoms with E-state index in [9.17, 15) is 0 Å². The van der Waals surface area contributed by atoms with E-state index in [1.165, 1.54) is 6.33 Å². The van der Waals surface area contributed by atoms with Gasteiger partial charge in [-0.25, -0.2) is 9.97 Å². The molecule has 2 nitrogen and oxygen atoms in total. The van der Waals surface area contributed by atoms with Crippen molar-refractivity contribution in [1.29, 1.82) is 0 Å². The lowest BCUT2D eigenvalue weighted by atomic mass is 10.7. The van der Waals surface area contributed by atoms with Gasteiger partial charge in [-0.15, -0.1) is 0 Å². The third-order valence-corrected chi connectivity index (χ3v) is 0.478. The molecule has 30 valence electrons. The third kappa shape index (κ3) is 0.516. The molecule has 0 spiro atoms. The monoisotopic (exact) mass is 81.0 g/mol. The van der Waals surface area contributed by atoms with Crippen LogP contribution in [0.25, 0.3) is 0 Å². The molecule has 6 heavy (non-hydrogen) atoms. The van der Waals surface area contributed by atoms with Gasteiger partial charge in [0.2, 0.25) is 0 Å². The third-order valence-electron chi connectivity index (χ3n) is 0.478. The molecule has 0 aliphatic rings. The number of hydrogen-bond donors (Lipinski definition) is 0. The zero-order chi connectivity index (χ0) is 4.24. The summed E-state index contributed by atoms with van der Waals surface area (Å²) in [5, 5.41) is 0. The van der Waals surface area contributed by atoms with Crippen LogP contribution < -0.4 is 0 Å². The van der Waals surface area contributed by atoms with E-state index in [1.807, 2.05) is 0 Å². The fraction of sp³-hybridized carbons (Fsp3) is 0. The summed E-state index contributed by atoms with van der Waals surface area (Å²) in [5.74, 6) is 0. The van der Waals surface area contributed by atoms with E-state index in [4.69, 9.17) is 0 Å². The van der Waals surface area contributed by atoms with Crippen LogP contribution in [0, 0.1) is 0 Å². The standard InChI is InChI=1S/C4H4N2/c1-2-5-4-6-3-1/h1-4H/p+1. The first kappa shape index (κ1) is 3.28. The fourth-order valence-electron chi connectivity index (χ4n) is 0.253. The Bertz CT molecular complexity index is 81.6. The number of rotatable bonds is 0. The maximum atomic E-state index is 3.67. The van der Waals surface area contributed by atoms with Crippen molar-refractivity contribution in [3.8, 4) is 0 Å². The van der Waals surface area contributed by atoms with Crippen molar-refractivity contribution < 1.29 is 1.43 Å². The van der Waals surface area contributed by atoms with Gasteiger partial charge in [0, 0.05) is 12.4 Å². The lowest BCUT2D eigenvalue weighted by Crippen LogP contribution is -1.66. The van der Waals surface area contributed by atoms with E-state index in [0.29, 0.717) is 0 Å². The van der Waals surface area contributed by atoms with Gasteiger partial charge >= 0.3 is 1.43 Å². The molecule has 0 saturated heterocycles. The Hall–Kier alpha value is -0.920. The molecule has 1 aromatic rings. The van der Waals surface area contributed by atoms with E-state index < -0.39 is 0 Å². The van der Waals surface area contributed by atoms with Crippen LogP contribution >= 0.6 is 0 Å². The van der Waals surface area contributed by atoms with E-state index in [1.54, 1.807) is 18.5 Å². The van der Waals surface area contributed by atoms with Crippen LogP contribution in [-0.4, -0.2) is 9.97 Å². The quantitative estimate of drug-likeness (QED) is 0.456. The first-order valence-electron chi connectivity index (χ1n) is 1.70. The summed E-state index contributed by atoms with van der Waals surface area (Å²) in [7, 11) is 0. The highest BCUT2D eigenvalue weighted by Crippen LogP contribution is 1.66. The van der Waals surface area contributed by atoms with Crippen molar-refractivity contribution in [2.75, 3.05) is 0 Å². The van der Waals surface area contributed by atoms with Crippen LogP contribution in [-0.2, 0) is 0 Å². The normalized spacial score (nSPS) is 8.00. The summed E-state index contributed by atoms with van der Waals surface area (Å²) in [6.07, 6.45) is 4.88. The largest absolute Gasteiger partial charge is 1.00 e. The van der Waals surface area contributed by atoms with Gasteiger partial charge in [-0.3, -0.25) is 0 Å². The summed E-state index contributed by atoms with van der Waals surface area (Å²) in [5.41, 5.74) is 0. The van der Waals surface area contributed by atoms with Crippen molar-refractivity contribution >= 4 is 0 Å². The van der Waals surface area contributed by atoms with Gasteiger partial charge in [-0.1, -0.05) is 0 Å². The SMILES string of the molecule is [H+].c1cncnc1. The molecular formula is C4H5N2+. The Kier molecular flexibility index (Phi) is 0.819. The van der Waals surface area contributed by atoms with Crippen LogP contribution in [0.4, 0.5) is 0 Å². The Morgan fingerprint density at radius 1 is 1.17 bits per heavy atom. The molecule has 0 N–H and O–H groups in total. The molecule has 0 atom stereocenters. The van der Waals surface area contributed by atoms with Crippen LogP contribution in [0.15, 0.2) is 24.8 Å². The molecule has 0 radical (unpaired) electrons. The van der Waals surface area contributed by atoms with Crippen LogP contribution in [0.3, 0.4) is 0 Å². The average molecular weight is 81.1 g/mol. The summed E-state index contributed by atoms with van der Waals surface area (Å²) in [6, 6.07) is 1.78. The second-order valence-electron chi connectivity index (χ2n) is 0.904. The van der Waals surface area contributed by atoms with Gasteiger partial charge in [-0.05, 0) is 6.07 Å². The molecule has 1 rings (SSSR count). The highest BCUT2D eigenvalue weighted by molar-refractivity contribution is 4.74. The second kappa shape index (κ2) is 1.50. The first-order chi connectivity index (χ1) is 3.00. The predicted molar refractivity (Wildman–Crippen MR) is 23.1 cm³/mol. The molecule has 0 fully saturated rings. The minimum atomic E-state index is 0. The number of hydrogen-bond acceptors (Lipinski definition) is 2. The molecule has 0 aromatic carbocycles. The fourth-order valence-corrected chi connectivity index (χ4v) is 0.253. The number of nitrogens with zero attached hydrogens (tertiary/aromatic N) is 2. The van der Waals surface area contributed by atoms with Crippen molar-refractivity contribution in [1.82, 2.24) is 9.97 Å². The summed E-state index contributed by atoms with van der Waals surface area (Å²) < 4.78 is 0. The van der Waals surface area contributed by atoms with E-state index >= 15 is 0 Å². The smallest absolute Gasteiger partial charge is 0.245 e. The van der Waals surface area contributed by atoms with Crippen LogP contribution in [0.1, 0.15) is 1.43 Å². The van der Waals surface area contributed by atoms with Crippen molar-refractivity contribution in [3.05, 3.63) is 24.8 Å². The lowest BCUT2D eigenvalue weighted by Gasteiger charge is -1.70. The Labute approximate surface area is 37.4 Å². The molecule has 0 saturated carbocycles. The van der Waals surface area contributed by atoms with E-state index in [2.05, 4.69) is 9.97 Å². The van der Waals surface area contributed by atoms with Gasteiger partial charge in [0.1, 0.15) is 6.33 Å². The molecule has 0 bridgehead atoms. The minimum absolute atomic E-state index is 0. The van der Waals surface area contributed by atoms with E-state index in [0.717, 1.165) is 0 Å². The summed E-state index contributed by atoms with van der Waals surface area (Å²) >= 11 is 0.